The molecule has 19 heavy (non-hydrogen) atoms. The Morgan fingerprint density at radius 3 is 2.32 bits per heavy atom. The quantitative estimate of drug-likeness (QED) is 0.698. The van der Waals surface area contributed by atoms with Crippen LogP contribution < -0.4 is 5.32 Å². The van der Waals surface area contributed by atoms with Crippen LogP contribution in [0, 0.1) is 0 Å². The van der Waals surface area contributed by atoms with Gasteiger partial charge in [-0.25, -0.2) is 0 Å². The summed E-state index contributed by atoms with van der Waals surface area (Å²) < 4.78 is 0. The molecule has 1 fully saturated rings. The molecule has 2 N–H and O–H groups in total. The van der Waals surface area contributed by atoms with Crippen LogP contribution in [0.15, 0.2) is 0 Å². The molecule has 0 heterocycles. The molecule has 1 rings (SSSR count). The van der Waals surface area contributed by atoms with Crippen molar-refractivity contribution in [1.29, 1.82) is 0 Å². The number of likely N-dealkylation sites (N-methyl/N-ethyl adjacent to an activating group) is 1. The maximum Gasteiger partial charge on any atom is 0.0611 e. The molecular formula is C16H34N2O. The molecule has 114 valence electrons. The SMILES string of the molecule is CCNC(C)(CO)CC(C)N(C)C1CCCCCC1. The minimum Gasteiger partial charge on any atom is -0.394 e. The number of nitrogens with one attached hydrogen (secondary N) is 1. The molecule has 3 heteroatoms. The zero-order valence-corrected chi connectivity index (χ0v) is 13.4. The molecule has 2 unspecified atom stereocenters. The molecule has 0 bridgehead atoms. The minimum absolute atomic E-state index is 0.146. The predicted octanol–water partition coefficient (Wildman–Crippen LogP) is 2.78. The molecular weight excluding hydrogens is 236 g/mol. The van der Waals surface area contributed by atoms with Crippen LogP contribution in [-0.4, -0.2) is 47.8 Å². The van der Waals surface area contributed by atoms with Crippen LogP contribution >= 0.6 is 0 Å². The predicted molar refractivity (Wildman–Crippen MR) is 82.5 cm³/mol. The summed E-state index contributed by atoms with van der Waals surface area (Å²) in [5, 5.41) is 13.1. The van der Waals surface area contributed by atoms with E-state index in [1.54, 1.807) is 0 Å². The monoisotopic (exact) mass is 270 g/mol. The lowest BCUT2D eigenvalue weighted by molar-refractivity contribution is 0.101. The number of hydrogen-bond donors (Lipinski definition) is 2. The maximum absolute atomic E-state index is 9.62. The number of aliphatic hydroxyl groups excluding tert-OH is 1. The van der Waals surface area contributed by atoms with E-state index in [2.05, 4.69) is 38.0 Å². The standard InChI is InChI=1S/C16H34N2O/c1-5-17-16(3,13-19)12-14(2)18(4)15-10-8-6-7-9-11-15/h14-15,17,19H,5-13H2,1-4H3. The summed E-state index contributed by atoms with van der Waals surface area (Å²) in [5.74, 6) is 0. The largest absolute Gasteiger partial charge is 0.394 e. The third-order valence-corrected chi connectivity index (χ3v) is 4.79. The summed E-state index contributed by atoms with van der Waals surface area (Å²) in [5.41, 5.74) is -0.146. The van der Waals surface area contributed by atoms with E-state index in [9.17, 15) is 5.11 Å². The van der Waals surface area contributed by atoms with Gasteiger partial charge in [0.2, 0.25) is 0 Å². The highest BCUT2D eigenvalue weighted by atomic mass is 16.3. The van der Waals surface area contributed by atoms with E-state index in [1.165, 1.54) is 38.5 Å². The molecule has 0 aromatic rings. The van der Waals surface area contributed by atoms with Gasteiger partial charge in [-0.15, -0.1) is 0 Å². The van der Waals surface area contributed by atoms with Crippen LogP contribution in [0.3, 0.4) is 0 Å². The summed E-state index contributed by atoms with van der Waals surface area (Å²) in [6.45, 7) is 7.66. The van der Waals surface area contributed by atoms with Crippen molar-refractivity contribution in [3.05, 3.63) is 0 Å². The van der Waals surface area contributed by atoms with Gasteiger partial charge in [-0.2, -0.15) is 0 Å². The molecule has 1 aliphatic carbocycles. The zero-order chi connectivity index (χ0) is 14.3. The molecule has 0 aliphatic heterocycles. The van der Waals surface area contributed by atoms with Gasteiger partial charge in [0.1, 0.15) is 0 Å². The fourth-order valence-electron chi connectivity index (χ4n) is 3.44. The summed E-state index contributed by atoms with van der Waals surface area (Å²) >= 11 is 0. The topological polar surface area (TPSA) is 35.5 Å². The second kappa shape index (κ2) is 8.23. The Morgan fingerprint density at radius 2 is 1.84 bits per heavy atom. The van der Waals surface area contributed by atoms with E-state index in [1.807, 2.05) is 0 Å². The van der Waals surface area contributed by atoms with E-state index in [0.29, 0.717) is 6.04 Å². The smallest absolute Gasteiger partial charge is 0.0611 e. The summed E-state index contributed by atoms with van der Waals surface area (Å²) in [6, 6.07) is 1.25. The van der Waals surface area contributed by atoms with Crippen LogP contribution in [0.25, 0.3) is 0 Å². The van der Waals surface area contributed by atoms with Gasteiger partial charge in [0.25, 0.3) is 0 Å². The van der Waals surface area contributed by atoms with Crippen LogP contribution in [-0.2, 0) is 0 Å². The lowest BCUT2D eigenvalue weighted by Gasteiger charge is -2.38. The molecule has 3 nitrogen and oxygen atoms in total. The van der Waals surface area contributed by atoms with Gasteiger partial charge < -0.3 is 15.3 Å². The highest BCUT2D eigenvalue weighted by molar-refractivity contribution is 4.88. The average molecular weight is 270 g/mol. The first-order valence-electron chi connectivity index (χ1n) is 8.10. The molecule has 1 aliphatic rings. The third-order valence-electron chi connectivity index (χ3n) is 4.79. The summed E-state index contributed by atoms with van der Waals surface area (Å²) in [4.78, 5) is 2.55. The molecule has 0 saturated heterocycles. The van der Waals surface area contributed by atoms with Gasteiger partial charge in [0, 0.05) is 17.6 Å². The summed E-state index contributed by atoms with van der Waals surface area (Å²) in [7, 11) is 2.27. The fraction of sp³-hybridized carbons (Fsp3) is 1.00. The first kappa shape index (κ1) is 16.9. The lowest BCUT2D eigenvalue weighted by Crippen LogP contribution is -2.51. The van der Waals surface area contributed by atoms with E-state index >= 15 is 0 Å². The van der Waals surface area contributed by atoms with Crippen molar-refractivity contribution >= 4 is 0 Å². The Hall–Kier alpha value is -0.120. The second-order valence-electron chi connectivity index (χ2n) is 6.61. The van der Waals surface area contributed by atoms with Crippen LogP contribution in [0.1, 0.15) is 65.7 Å². The maximum atomic E-state index is 9.62. The normalized spacial score (nSPS) is 23.1. The molecule has 0 aromatic carbocycles. The number of rotatable bonds is 7. The van der Waals surface area contributed by atoms with Gasteiger partial charge >= 0.3 is 0 Å². The van der Waals surface area contributed by atoms with E-state index < -0.39 is 0 Å². The van der Waals surface area contributed by atoms with Crippen molar-refractivity contribution in [2.45, 2.75) is 83.3 Å². The Kier molecular flexibility index (Phi) is 7.33. The first-order valence-corrected chi connectivity index (χ1v) is 8.10. The highest BCUT2D eigenvalue weighted by Crippen LogP contribution is 2.25. The van der Waals surface area contributed by atoms with Gasteiger partial charge in [0.15, 0.2) is 0 Å². The second-order valence-corrected chi connectivity index (χ2v) is 6.61. The zero-order valence-electron chi connectivity index (χ0n) is 13.4. The van der Waals surface area contributed by atoms with Crippen molar-refractivity contribution in [2.75, 3.05) is 20.2 Å². The van der Waals surface area contributed by atoms with Crippen molar-refractivity contribution in [1.82, 2.24) is 10.2 Å². The van der Waals surface area contributed by atoms with Crippen molar-refractivity contribution in [2.24, 2.45) is 0 Å². The molecule has 2 atom stereocenters. The molecule has 0 spiro atoms. The van der Waals surface area contributed by atoms with Crippen LogP contribution in [0.2, 0.25) is 0 Å². The van der Waals surface area contributed by atoms with Crippen LogP contribution in [0.4, 0.5) is 0 Å². The number of nitrogens with zero attached hydrogens (tertiary/aromatic N) is 1. The van der Waals surface area contributed by atoms with Crippen molar-refractivity contribution in [3.63, 3.8) is 0 Å². The van der Waals surface area contributed by atoms with E-state index in [-0.39, 0.29) is 12.1 Å². The number of aliphatic hydroxyl groups is 1. The molecule has 0 aromatic heterocycles. The van der Waals surface area contributed by atoms with Crippen LogP contribution in [0.5, 0.6) is 0 Å². The Labute approximate surface area is 119 Å². The Balaban J connectivity index is 2.52. The van der Waals surface area contributed by atoms with E-state index in [0.717, 1.165) is 19.0 Å². The number of hydrogen-bond acceptors (Lipinski definition) is 3. The summed E-state index contributed by atoms with van der Waals surface area (Å²) in [6.07, 6.45) is 9.27. The molecule has 1 saturated carbocycles. The molecule has 0 radical (unpaired) electrons. The fourth-order valence-corrected chi connectivity index (χ4v) is 3.44. The average Bonchev–Trinajstić information content (AvgIpc) is 2.66. The molecule has 0 amide bonds. The Bertz CT molecular complexity index is 239. The highest BCUT2D eigenvalue weighted by Gasteiger charge is 2.29. The Morgan fingerprint density at radius 1 is 1.26 bits per heavy atom. The first-order chi connectivity index (χ1) is 9.02. The van der Waals surface area contributed by atoms with Gasteiger partial charge in [-0.1, -0.05) is 32.6 Å². The van der Waals surface area contributed by atoms with E-state index in [4.69, 9.17) is 0 Å². The van der Waals surface area contributed by atoms with Crippen molar-refractivity contribution < 1.29 is 5.11 Å². The lowest BCUT2D eigenvalue weighted by atomic mass is 9.92. The minimum atomic E-state index is -0.146. The van der Waals surface area contributed by atoms with Gasteiger partial charge in [-0.3, -0.25) is 0 Å². The third kappa shape index (κ3) is 5.41. The van der Waals surface area contributed by atoms with Crippen molar-refractivity contribution in [3.8, 4) is 0 Å². The van der Waals surface area contributed by atoms with Gasteiger partial charge in [-0.05, 0) is 46.7 Å². The van der Waals surface area contributed by atoms with Gasteiger partial charge in [0.05, 0.1) is 6.61 Å².